The first kappa shape index (κ1) is 13.5. The van der Waals surface area contributed by atoms with Crippen molar-refractivity contribution >= 4 is 0 Å². The summed E-state index contributed by atoms with van der Waals surface area (Å²) in [6, 6.07) is 4.34. The van der Waals surface area contributed by atoms with Crippen molar-refractivity contribution in [1.29, 1.82) is 0 Å². The molecule has 0 atom stereocenters. The number of rotatable bonds is 4. The largest absolute Gasteiger partial charge is 0.316 e. The topological polar surface area (TPSA) is 28.2 Å². The van der Waals surface area contributed by atoms with Crippen LogP contribution in [-0.2, 0) is 13.1 Å². The highest BCUT2D eigenvalue weighted by Gasteiger charge is 2.26. The van der Waals surface area contributed by atoms with Crippen LogP contribution < -0.4 is 5.32 Å². The number of hydrogen-bond acceptors (Lipinski definition) is 3. The molecule has 0 bridgehead atoms. The van der Waals surface area contributed by atoms with E-state index in [4.69, 9.17) is 0 Å². The first-order valence-corrected chi connectivity index (χ1v) is 6.90. The van der Waals surface area contributed by atoms with Gasteiger partial charge in [-0.2, -0.15) is 0 Å². The molecule has 1 fully saturated rings. The normalized spacial score (nSPS) is 19.9. The van der Waals surface area contributed by atoms with Crippen LogP contribution in [0.1, 0.15) is 37.9 Å². The van der Waals surface area contributed by atoms with Gasteiger partial charge in [0.05, 0.1) is 5.69 Å². The van der Waals surface area contributed by atoms with E-state index in [0.717, 1.165) is 13.1 Å². The Balaban J connectivity index is 1.92. The molecule has 3 nitrogen and oxygen atoms in total. The Morgan fingerprint density at radius 1 is 1.39 bits per heavy atom. The van der Waals surface area contributed by atoms with Crippen LogP contribution in [0.2, 0.25) is 0 Å². The molecular weight excluding hydrogens is 222 g/mol. The lowest BCUT2D eigenvalue weighted by atomic mass is 9.84. The van der Waals surface area contributed by atoms with Crippen LogP contribution in [-0.4, -0.2) is 30.0 Å². The average Bonchev–Trinajstić information content (AvgIpc) is 2.31. The maximum atomic E-state index is 4.56. The number of aromatic nitrogens is 1. The van der Waals surface area contributed by atoms with Crippen molar-refractivity contribution in [2.24, 2.45) is 5.41 Å². The monoisotopic (exact) mass is 247 g/mol. The first-order valence-electron chi connectivity index (χ1n) is 6.90. The van der Waals surface area contributed by atoms with Crippen LogP contribution in [0.15, 0.2) is 18.3 Å². The van der Waals surface area contributed by atoms with Crippen molar-refractivity contribution in [2.75, 3.05) is 20.1 Å². The molecule has 3 heteroatoms. The third-order valence-electron chi connectivity index (χ3n) is 3.63. The van der Waals surface area contributed by atoms with Gasteiger partial charge in [-0.1, -0.05) is 19.9 Å². The van der Waals surface area contributed by atoms with Crippen molar-refractivity contribution in [2.45, 2.75) is 39.8 Å². The van der Waals surface area contributed by atoms with Gasteiger partial charge < -0.3 is 5.32 Å². The van der Waals surface area contributed by atoms with Gasteiger partial charge in [0, 0.05) is 25.8 Å². The van der Waals surface area contributed by atoms with E-state index in [-0.39, 0.29) is 0 Å². The fourth-order valence-corrected chi connectivity index (χ4v) is 2.77. The van der Waals surface area contributed by atoms with Gasteiger partial charge in [-0.3, -0.25) is 9.88 Å². The molecule has 1 N–H and O–H groups in total. The van der Waals surface area contributed by atoms with Gasteiger partial charge in [0.15, 0.2) is 0 Å². The Labute approximate surface area is 111 Å². The predicted molar refractivity (Wildman–Crippen MR) is 75.3 cm³/mol. The van der Waals surface area contributed by atoms with Gasteiger partial charge in [-0.05, 0) is 43.5 Å². The zero-order valence-corrected chi connectivity index (χ0v) is 11.9. The summed E-state index contributed by atoms with van der Waals surface area (Å²) in [6.07, 6.45) is 4.64. The van der Waals surface area contributed by atoms with Crippen LogP contribution in [0.3, 0.4) is 0 Å². The van der Waals surface area contributed by atoms with E-state index in [1.807, 2.05) is 13.2 Å². The van der Waals surface area contributed by atoms with Crippen LogP contribution in [0.4, 0.5) is 0 Å². The van der Waals surface area contributed by atoms with Crippen molar-refractivity contribution in [3.05, 3.63) is 29.6 Å². The molecular formula is C15H25N3. The molecule has 0 unspecified atom stereocenters. The molecule has 100 valence electrons. The third kappa shape index (κ3) is 3.79. The number of nitrogens with zero attached hydrogens (tertiary/aromatic N) is 2. The summed E-state index contributed by atoms with van der Waals surface area (Å²) in [7, 11) is 1.96. The predicted octanol–water partition coefficient (Wildman–Crippen LogP) is 2.42. The minimum Gasteiger partial charge on any atom is -0.316 e. The zero-order chi connectivity index (χ0) is 13.0. The Morgan fingerprint density at radius 3 is 2.83 bits per heavy atom. The number of nitrogens with one attached hydrogen (secondary N) is 1. The van der Waals surface area contributed by atoms with E-state index in [1.54, 1.807) is 0 Å². The quantitative estimate of drug-likeness (QED) is 0.885. The highest BCUT2D eigenvalue weighted by atomic mass is 15.1. The second-order valence-electron chi connectivity index (χ2n) is 6.17. The third-order valence-corrected chi connectivity index (χ3v) is 3.63. The molecule has 0 saturated carbocycles. The summed E-state index contributed by atoms with van der Waals surface area (Å²) in [5, 5.41) is 3.15. The molecule has 0 radical (unpaired) electrons. The Bertz CT molecular complexity index is 370. The summed E-state index contributed by atoms with van der Waals surface area (Å²) < 4.78 is 0. The number of pyridine rings is 1. The minimum atomic E-state index is 0.463. The maximum absolute atomic E-state index is 4.56. The fraction of sp³-hybridized carbons (Fsp3) is 0.667. The fourth-order valence-electron chi connectivity index (χ4n) is 2.77. The molecule has 0 aliphatic carbocycles. The standard InChI is InChI=1S/C15H25N3/c1-15(2)7-4-8-18(12-15)11-14-6-5-13(9-16-3)10-17-14/h5-6,10,16H,4,7-9,11-12H2,1-3H3. The van der Waals surface area contributed by atoms with E-state index < -0.39 is 0 Å². The number of hydrogen-bond donors (Lipinski definition) is 1. The molecule has 0 spiro atoms. The van der Waals surface area contributed by atoms with Crippen molar-refractivity contribution in [1.82, 2.24) is 15.2 Å². The molecule has 0 amide bonds. The lowest BCUT2D eigenvalue weighted by Crippen LogP contribution is -2.39. The summed E-state index contributed by atoms with van der Waals surface area (Å²) in [4.78, 5) is 7.09. The van der Waals surface area contributed by atoms with Gasteiger partial charge >= 0.3 is 0 Å². The first-order chi connectivity index (χ1) is 8.59. The van der Waals surface area contributed by atoms with Gasteiger partial charge in [-0.25, -0.2) is 0 Å². The van der Waals surface area contributed by atoms with Crippen molar-refractivity contribution in [3.63, 3.8) is 0 Å². The van der Waals surface area contributed by atoms with E-state index in [2.05, 4.69) is 41.2 Å². The van der Waals surface area contributed by atoms with Crippen LogP contribution in [0, 0.1) is 5.41 Å². The van der Waals surface area contributed by atoms with E-state index in [1.165, 1.54) is 37.2 Å². The second-order valence-corrected chi connectivity index (χ2v) is 6.17. The van der Waals surface area contributed by atoms with Gasteiger partial charge in [0.1, 0.15) is 0 Å². The van der Waals surface area contributed by atoms with E-state index in [9.17, 15) is 0 Å². The van der Waals surface area contributed by atoms with E-state index >= 15 is 0 Å². The van der Waals surface area contributed by atoms with Crippen molar-refractivity contribution < 1.29 is 0 Å². The Hall–Kier alpha value is -0.930. The maximum Gasteiger partial charge on any atom is 0.0544 e. The van der Waals surface area contributed by atoms with E-state index in [0.29, 0.717) is 5.41 Å². The second kappa shape index (κ2) is 5.81. The average molecular weight is 247 g/mol. The number of likely N-dealkylation sites (tertiary alicyclic amines) is 1. The lowest BCUT2D eigenvalue weighted by molar-refractivity contribution is 0.110. The highest BCUT2D eigenvalue weighted by molar-refractivity contribution is 5.14. The Morgan fingerprint density at radius 2 is 2.22 bits per heavy atom. The molecule has 1 saturated heterocycles. The van der Waals surface area contributed by atoms with Crippen molar-refractivity contribution in [3.8, 4) is 0 Å². The summed E-state index contributed by atoms with van der Waals surface area (Å²) >= 11 is 0. The zero-order valence-electron chi connectivity index (χ0n) is 11.9. The van der Waals surface area contributed by atoms with Gasteiger partial charge in [0.25, 0.3) is 0 Å². The molecule has 0 aromatic carbocycles. The Kier molecular flexibility index (Phi) is 4.36. The summed E-state index contributed by atoms with van der Waals surface area (Å²) in [6.45, 7) is 9.01. The molecule has 18 heavy (non-hydrogen) atoms. The highest BCUT2D eigenvalue weighted by Crippen LogP contribution is 2.28. The molecule has 1 aliphatic heterocycles. The van der Waals surface area contributed by atoms with Crippen LogP contribution >= 0.6 is 0 Å². The summed E-state index contributed by atoms with van der Waals surface area (Å²) in [5.74, 6) is 0. The van der Waals surface area contributed by atoms with Gasteiger partial charge in [-0.15, -0.1) is 0 Å². The summed E-state index contributed by atoms with van der Waals surface area (Å²) in [5.41, 5.74) is 2.90. The minimum absolute atomic E-state index is 0.463. The molecule has 1 aromatic heterocycles. The smallest absolute Gasteiger partial charge is 0.0544 e. The lowest BCUT2D eigenvalue weighted by Gasteiger charge is -2.37. The molecule has 1 aliphatic rings. The van der Waals surface area contributed by atoms with Gasteiger partial charge in [0.2, 0.25) is 0 Å². The molecule has 1 aromatic rings. The van der Waals surface area contributed by atoms with Crippen LogP contribution in [0.25, 0.3) is 0 Å². The molecule has 2 heterocycles. The SMILES string of the molecule is CNCc1ccc(CN2CCCC(C)(C)C2)nc1. The van der Waals surface area contributed by atoms with Crippen LogP contribution in [0.5, 0.6) is 0 Å². The number of piperidine rings is 1. The molecule has 2 rings (SSSR count).